The molecule has 17 heavy (non-hydrogen) atoms. The summed E-state index contributed by atoms with van der Waals surface area (Å²) in [5.41, 5.74) is 7.29. The molecule has 1 aliphatic heterocycles. The highest BCUT2D eigenvalue weighted by Gasteiger charge is 2.21. The third-order valence-corrected chi connectivity index (χ3v) is 2.97. The van der Waals surface area contributed by atoms with Crippen molar-refractivity contribution in [2.45, 2.75) is 39.7 Å². The molecule has 2 heterocycles. The summed E-state index contributed by atoms with van der Waals surface area (Å²) in [6, 6.07) is 2.39. The maximum atomic E-state index is 5.92. The largest absolute Gasteiger partial charge is 0.355 e. The Morgan fingerprint density at radius 2 is 2.18 bits per heavy atom. The van der Waals surface area contributed by atoms with E-state index in [0.717, 1.165) is 37.4 Å². The molecule has 4 nitrogen and oxygen atoms in total. The van der Waals surface area contributed by atoms with Gasteiger partial charge in [0, 0.05) is 30.9 Å². The summed E-state index contributed by atoms with van der Waals surface area (Å²) in [6.45, 7) is 8.58. The van der Waals surface area contributed by atoms with E-state index in [1.807, 2.05) is 0 Å². The Bertz CT molecular complexity index is 383. The van der Waals surface area contributed by atoms with Gasteiger partial charge in [-0.15, -0.1) is 0 Å². The van der Waals surface area contributed by atoms with E-state index in [1.54, 1.807) is 6.33 Å². The van der Waals surface area contributed by atoms with Gasteiger partial charge in [-0.2, -0.15) is 0 Å². The van der Waals surface area contributed by atoms with Gasteiger partial charge >= 0.3 is 0 Å². The van der Waals surface area contributed by atoms with Crippen LogP contribution >= 0.6 is 0 Å². The summed E-state index contributed by atoms with van der Waals surface area (Å²) >= 11 is 0. The predicted molar refractivity (Wildman–Crippen MR) is 70.0 cm³/mol. The normalized spacial score (nSPS) is 20.9. The Hall–Kier alpha value is -1.16. The van der Waals surface area contributed by atoms with Crippen LogP contribution in [0.25, 0.3) is 0 Å². The number of nitrogens with zero attached hydrogens (tertiary/aromatic N) is 3. The van der Waals surface area contributed by atoms with E-state index < -0.39 is 0 Å². The summed E-state index contributed by atoms with van der Waals surface area (Å²) in [7, 11) is 0. The van der Waals surface area contributed by atoms with Gasteiger partial charge in [-0.05, 0) is 18.3 Å². The van der Waals surface area contributed by atoms with Crippen molar-refractivity contribution < 1.29 is 0 Å². The Morgan fingerprint density at radius 1 is 1.41 bits per heavy atom. The topological polar surface area (TPSA) is 55.0 Å². The molecule has 2 rings (SSSR count). The Morgan fingerprint density at radius 3 is 2.76 bits per heavy atom. The zero-order valence-electron chi connectivity index (χ0n) is 11.0. The quantitative estimate of drug-likeness (QED) is 0.844. The van der Waals surface area contributed by atoms with Gasteiger partial charge in [0.25, 0.3) is 0 Å². The number of aromatic nitrogens is 2. The molecule has 1 aromatic rings. The van der Waals surface area contributed by atoms with E-state index in [4.69, 9.17) is 5.73 Å². The van der Waals surface area contributed by atoms with Gasteiger partial charge in [0.1, 0.15) is 12.1 Å². The van der Waals surface area contributed by atoms with E-state index >= 15 is 0 Å². The second kappa shape index (κ2) is 4.61. The zero-order valence-corrected chi connectivity index (χ0v) is 11.0. The average Bonchev–Trinajstić information content (AvgIpc) is 2.63. The van der Waals surface area contributed by atoms with Gasteiger partial charge in [0.05, 0.1) is 0 Å². The number of hydrogen-bond donors (Lipinski definition) is 1. The highest BCUT2D eigenvalue weighted by molar-refractivity contribution is 5.40. The molecular formula is C13H22N4. The molecule has 1 aliphatic rings. The van der Waals surface area contributed by atoms with E-state index in [9.17, 15) is 0 Å². The summed E-state index contributed by atoms with van der Waals surface area (Å²) in [6.07, 6.45) is 3.70. The van der Waals surface area contributed by atoms with Gasteiger partial charge in [0.15, 0.2) is 0 Å². The van der Waals surface area contributed by atoms with Crippen LogP contribution in [0.3, 0.4) is 0 Å². The Kier molecular flexibility index (Phi) is 3.33. The molecule has 0 spiro atoms. The highest BCUT2D eigenvalue weighted by Crippen LogP contribution is 2.22. The van der Waals surface area contributed by atoms with Gasteiger partial charge < -0.3 is 10.6 Å². The lowest BCUT2D eigenvalue weighted by molar-refractivity contribution is 0.406. The molecule has 0 aromatic carbocycles. The Balaban J connectivity index is 2.11. The number of hydrogen-bond acceptors (Lipinski definition) is 4. The number of rotatable bonds is 2. The predicted octanol–water partition coefficient (Wildman–Crippen LogP) is 1.60. The van der Waals surface area contributed by atoms with Crippen molar-refractivity contribution in [3.05, 3.63) is 18.1 Å². The first-order valence-corrected chi connectivity index (χ1v) is 6.25. The molecule has 1 fully saturated rings. The van der Waals surface area contributed by atoms with Crippen molar-refractivity contribution in [2.24, 2.45) is 11.1 Å². The first-order chi connectivity index (χ1) is 7.94. The number of nitrogens with two attached hydrogens (primary N) is 1. The van der Waals surface area contributed by atoms with Crippen LogP contribution in [0.4, 0.5) is 5.82 Å². The molecule has 1 atom stereocenters. The van der Waals surface area contributed by atoms with Crippen LogP contribution in [0, 0.1) is 5.41 Å². The minimum absolute atomic E-state index is 0.257. The summed E-state index contributed by atoms with van der Waals surface area (Å²) in [5.74, 6) is 1.02. The molecule has 1 saturated heterocycles. The fraction of sp³-hybridized carbons (Fsp3) is 0.692. The van der Waals surface area contributed by atoms with E-state index in [1.165, 1.54) is 0 Å². The standard InChI is InChI=1S/C13H22N4/c1-13(2,3)7-11-6-12(16-9-15-11)17-5-4-10(14)8-17/h6,9-10H,4-5,7-8,14H2,1-3H3. The van der Waals surface area contributed by atoms with Crippen molar-refractivity contribution >= 4 is 5.82 Å². The summed E-state index contributed by atoms with van der Waals surface area (Å²) in [4.78, 5) is 10.9. The minimum Gasteiger partial charge on any atom is -0.355 e. The lowest BCUT2D eigenvalue weighted by Crippen LogP contribution is -2.27. The van der Waals surface area contributed by atoms with Crippen molar-refractivity contribution in [1.82, 2.24) is 9.97 Å². The number of anilines is 1. The summed E-state index contributed by atoms with van der Waals surface area (Å²) < 4.78 is 0. The molecule has 4 heteroatoms. The van der Waals surface area contributed by atoms with Gasteiger partial charge in [-0.1, -0.05) is 20.8 Å². The van der Waals surface area contributed by atoms with Crippen LogP contribution < -0.4 is 10.6 Å². The van der Waals surface area contributed by atoms with Crippen molar-refractivity contribution in [2.75, 3.05) is 18.0 Å². The fourth-order valence-electron chi connectivity index (χ4n) is 2.19. The van der Waals surface area contributed by atoms with Crippen molar-refractivity contribution in [3.63, 3.8) is 0 Å². The van der Waals surface area contributed by atoms with Crippen molar-refractivity contribution in [1.29, 1.82) is 0 Å². The fourth-order valence-corrected chi connectivity index (χ4v) is 2.19. The smallest absolute Gasteiger partial charge is 0.132 e. The average molecular weight is 234 g/mol. The minimum atomic E-state index is 0.257. The lowest BCUT2D eigenvalue weighted by Gasteiger charge is -2.20. The molecule has 1 unspecified atom stereocenters. The molecule has 0 radical (unpaired) electrons. The molecule has 0 amide bonds. The summed E-state index contributed by atoms with van der Waals surface area (Å²) in [5, 5.41) is 0. The van der Waals surface area contributed by atoms with Gasteiger partial charge in [-0.3, -0.25) is 0 Å². The lowest BCUT2D eigenvalue weighted by atomic mass is 9.90. The third kappa shape index (κ3) is 3.40. The van der Waals surface area contributed by atoms with Crippen molar-refractivity contribution in [3.8, 4) is 0 Å². The first-order valence-electron chi connectivity index (χ1n) is 6.25. The molecule has 1 aromatic heterocycles. The maximum absolute atomic E-state index is 5.92. The van der Waals surface area contributed by atoms with Crippen LogP contribution in [-0.2, 0) is 6.42 Å². The maximum Gasteiger partial charge on any atom is 0.132 e. The Labute approximate surface area is 103 Å². The van der Waals surface area contributed by atoms with Crippen LogP contribution in [-0.4, -0.2) is 29.1 Å². The van der Waals surface area contributed by atoms with Crippen LogP contribution in [0.1, 0.15) is 32.9 Å². The van der Waals surface area contributed by atoms with E-state index in [-0.39, 0.29) is 11.5 Å². The molecule has 0 saturated carbocycles. The molecular weight excluding hydrogens is 212 g/mol. The van der Waals surface area contributed by atoms with Crippen LogP contribution in [0.15, 0.2) is 12.4 Å². The molecule has 0 bridgehead atoms. The highest BCUT2D eigenvalue weighted by atomic mass is 15.2. The van der Waals surface area contributed by atoms with E-state index in [0.29, 0.717) is 0 Å². The van der Waals surface area contributed by atoms with Gasteiger partial charge in [0.2, 0.25) is 0 Å². The molecule has 0 aliphatic carbocycles. The third-order valence-electron chi connectivity index (χ3n) is 2.97. The van der Waals surface area contributed by atoms with Crippen LogP contribution in [0.5, 0.6) is 0 Å². The van der Waals surface area contributed by atoms with Gasteiger partial charge in [-0.25, -0.2) is 9.97 Å². The monoisotopic (exact) mass is 234 g/mol. The van der Waals surface area contributed by atoms with E-state index in [2.05, 4.69) is 41.7 Å². The second-order valence-electron chi connectivity index (χ2n) is 6.10. The zero-order chi connectivity index (χ0) is 12.5. The van der Waals surface area contributed by atoms with Crippen LogP contribution in [0.2, 0.25) is 0 Å². The molecule has 94 valence electrons. The second-order valence-corrected chi connectivity index (χ2v) is 6.10. The molecule has 2 N–H and O–H groups in total. The SMILES string of the molecule is CC(C)(C)Cc1cc(N2CCC(N)C2)ncn1. The first kappa shape index (κ1) is 12.3.